The third kappa shape index (κ3) is 2.48. The summed E-state index contributed by atoms with van der Waals surface area (Å²) in [4.78, 5) is 9.18. The Balaban J connectivity index is 2.22. The van der Waals surface area contributed by atoms with Gasteiger partial charge in [-0.25, -0.2) is 9.97 Å². The highest BCUT2D eigenvalue weighted by Gasteiger charge is 2.20. The van der Waals surface area contributed by atoms with Crippen LogP contribution < -0.4 is 0 Å². The number of nitrogens with zero attached hydrogens (tertiary/aromatic N) is 4. The Hall–Kier alpha value is -1.69. The van der Waals surface area contributed by atoms with Gasteiger partial charge in [0.25, 0.3) is 0 Å². The molecule has 0 saturated carbocycles. The molecule has 3 heterocycles. The fraction of sp³-hybridized carbons (Fsp3) is 0.400. The van der Waals surface area contributed by atoms with Gasteiger partial charge in [0.05, 0.1) is 12.4 Å². The molecule has 5 nitrogen and oxygen atoms in total. The molecule has 0 amide bonds. The van der Waals surface area contributed by atoms with E-state index in [1.54, 1.807) is 6.20 Å². The zero-order valence-corrected chi connectivity index (χ0v) is 13.9. The Morgan fingerprint density at radius 1 is 1.33 bits per heavy atom. The zero-order valence-electron chi connectivity index (χ0n) is 12.3. The molecule has 0 radical (unpaired) electrons. The number of rotatable bonds is 4. The van der Waals surface area contributed by atoms with E-state index >= 15 is 0 Å². The van der Waals surface area contributed by atoms with Gasteiger partial charge in [-0.1, -0.05) is 20.3 Å². The van der Waals surface area contributed by atoms with E-state index < -0.39 is 0 Å². The topological polar surface area (TPSA) is 59.4 Å². The van der Waals surface area contributed by atoms with Gasteiger partial charge in [0, 0.05) is 29.6 Å². The summed E-state index contributed by atoms with van der Waals surface area (Å²) in [6.07, 6.45) is 8.72. The maximum atomic E-state index is 4.61. The molecular weight excluding hydrogens is 330 g/mol. The third-order valence-electron chi connectivity index (χ3n) is 4.21. The minimum absolute atomic E-state index is 0.369. The Morgan fingerprint density at radius 2 is 2.14 bits per heavy atom. The maximum absolute atomic E-state index is 4.61. The van der Waals surface area contributed by atoms with Gasteiger partial charge in [0.2, 0.25) is 0 Å². The summed E-state index contributed by atoms with van der Waals surface area (Å²) in [7, 11) is 0. The zero-order chi connectivity index (χ0) is 15.0. The van der Waals surface area contributed by atoms with Crippen molar-refractivity contribution >= 4 is 27.1 Å². The highest BCUT2D eigenvalue weighted by molar-refractivity contribution is 9.10. The number of aromatic nitrogens is 5. The van der Waals surface area contributed by atoms with Crippen molar-refractivity contribution in [3.05, 3.63) is 29.4 Å². The molecule has 0 spiro atoms. The van der Waals surface area contributed by atoms with Crippen molar-refractivity contribution in [1.29, 1.82) is 0 Å². The fourth-order valence-electron chi connectivity index (χ4n) is 2.53. The van der Waals surface area contributed by atoms with Crippen LogP contribution in [0.2, 0.25) is 0 Å². The van der Waals surface area contributed by atoms with Crippen LogP contribution in [0.15, 0.2) is 29.4 Å². The number of fused-ring (bicyclic) bond motifs is 1. The molecule has 0 aliphatic heterocycles. The number of nitrogens with one attached hydrogen (secondary N) is 1. The Labute approximate surface area is 131 Å². The van der Waals surface area contributed by atoms with Gasteiger partial charge in [-0.2, -0.15) is 5.10 Å². The number of hydrogen-bond acceptors (Lipinski definition) is 3. The van der Waals surface area contributed by atoms with E-state index in [9.17, 15) is 0 Å². The summed E-state index contributed by atoms with van der Waals surface area (Å²) in [5.74, 6) is 0.572. The first-order valence-electron chi connectivity index (χ1n) is 7.14. The normalized spacial score (nSPS) is 14.5. The molecule has 0 aliphatic rings. The van der Waals surface area contributed by atoms with Crippen molar-refractivity contribution in [1.82, 2.24) is 24.7 Å². The van der Waals surface area contributed by atoms with Crippen LogP contribution in [0, 0.1) is 5.92 Å². The lowest BCUT2D eigenvalue weighted by Crippen LogP contribution is -2.13. The van der Waals surface area contributed by atoms with Gasteiger partial charge in [-0.05, 0) is 28.8 Å². The molecule has 3 rings (SSSR count). The van der Waals surface area contributed by atoms with E-state index in [2.05, 4.69) is 67.6 Å². The maximum Gasteiger partial charge on any atom is 0.159 e. The summed E-state index contributed by atoms with van der Waals surface area (Å²) < 4.78 is 2.97. The molecule has 6 heteroatoms. The van der Waals surface area contributed by atoms with E-state index in [0.717, 1.165) is 33.3 Å². The van der Waals surface area contributed by atoms with Crippen molar-refractivity contribution in [3.63, 3.8) is 0 Å². The first-order valence-corrected chi connectivity index (χ1v) is 7.93. The summed E-state index contributed by atoms with van der Waals surface area (Å²) in [6.45, 7) is 6.71. The first kappa shape index (κ1) is 14.3. The summed E-state index contributed by atoms with van der Waals surface area (Å²) in [5, 5.41) is 6.90. The lowest BCUT2D eigenvalue weighted by atomic mass is 10.0. The Morgan fingerprint density at radius 3 is 2.81 bits per heavy atom. The second-order valence-electron chi connectivity index (χ2n) is 5.43. The number of halogens is 1. The lowest BCUT2D eigenvalue weighted by molar-refractivity contribution is 0.377. The largest absolute Gasteiger partial charge is 0.327 e. The highest BCUT2D eigenvalue weighted by Crippen LogP contribution is 2.33. The lowest BCUT2D eigenvalue weighted by Gasteiger charge is -2.20. The van der Waals surface area contributed by atoms with Crippen LogP contribution in [-0.2, 0) is 0 Å². The average molecular weight is 348 g/mol. The summed E-state index contributed by atoms with van der Waals surface area (Å²) in [5.41, 5.74) is 3.91. The minimum Gasteiger partial charge on any atom is -0.327 e. The van der Waals surface area contributed by atoms with Crippen molar-refractivity contribution in [2.24, 2.45) is 5.92 Å². The molecule has 0 bridgehead atoms. The quantitative estimate of drug-likeness (QED) is 0.769. The molecule has 2 atom stereocenters. The van der Waals surface area contributed by atoms with E-state index in [0.29, 0.717) is 12.0 Å². The van der Waals surface area contributed by atoms with Gasteiger partial charge in [-0.15, -0.1) is 0 Å². The van der Waals surface area contributed by atoms with Gasteiger partial charge in [0.1, 0.15) is 10.1 Å². The molecule has 21 heavy (non-hydrogen) atoms. The van der Waals surface area contributed by atoms with E-state index in [-0.39, 0.29) is 0 Å². The van der Waals surface area contributed by atoms with Gasteiger partial charge >= 0.3 is 0 Å². The SMILES string of the molecule is CCC(C)C(C)n1cc(-c2cn[nH]c2)c2nc(Br)cnc21. The molecule has 2 unspecified atom stereocenters. The van der Waals surface area contributed by atoms with Crippen molar-refractivity contribution in [2.75, 3.05) is 0 Å². The molecule has 0 aliphatic carbocycles. The number of H-pyrrole nitrogens is 1. The standard InChI is InChI=1S/C15H18BrN5/c1-4-9(2)10(3)21-8-12(11-5-18-19-6-11)14-15(21)17-7-13(16)20-14/h5-10H,4H2,1-3H3,(H,18,19). The Bertz CT molecular complexity index is 747. The number of hydrogen-bond donors (Lipinski definition) is 1. The van der Waals surface area contributed by atoms with Crippen LogP contribution in [0.4, 0.5) is 0 Å². The minimum atomic E-state index is 0.369. The van der Waals surface area contributed by atoms with E-state index in [1.807, 2.05) is 12.4 Å². The van der Waals surface area contributed by atoms with Gasteiger partial charge < -0.3 is 4.57 Å². The van der Waals surface area contributed by atoms with Crippen molar-refractivity contribution < 1.29 is 0 Å². The second-order valence-corrected chi connectivity index (χ2v) is 6.24. The molecule has 3 aromatic heterocycles. The molecular formula is C15H18BrN5. The first-order chi connectivity index (χ1) is 10.1. The molecule has 110 valence electrons. The van der Waals surface area contributed by atoms with Gasteiger partial charge in [0.15, 0.2) is 5.65 Å². The smallest absolute Gasteiger partial charge is 0.159 e. The van der Waals surface area contributed by atoms with Crippen molar-refractivity contribution in [3.8, 4) is 11.1 Å². The predicted octanol–water partition coefficient (Wildman–Crippen LogP) is 4.19. The third-order valence-corrected chi connectivity index (χ3v) is 4.59. The highest BCUT2D eigenvalue weighted by atomic mass is 79.9. The van der Waals surface area contributed by atoms with E-state index in [1.165, 1.54) is 0 Å². The van der Waals surface area contributed by atoms with Crippen LogP contribution >= 0.6 is 15.9 Å². The van der Waals surface area contributed by atoms with Crippen LogP contribution in [0.1, 0.15) is 33.2 Å². The monoisotopic (exact) mass is 347 g/mol. The van der Waals surface area contributed by atoms with Crippen LogP contribution in [0.3, 0.4) is 0 Å². The molecule has 0 fully saturated rings. The summed E-state index contributed by atoms with van der Waals surface area (Å²) in [6, 6.07) is 0.369. The summed E-state index contributed by atoms with van der Waals surface area (Å²) >= 11 is 3.41. The second kappa shape index (κ2) is 5.60. The van der Waals surface area contributed by atoms with Crippen LogP contribution in [0.5, 0.6) is 0 Å². The number of aromatic amines is 1. The molecule has 0 aromatic carbocycles. The van der Waals surface area contributed by atoms with Crippen molar-refractivity contribution in [2.45, 2.75) is 33.2 Å². The van der Waals surface area contributed by atoms with E-state index in [4.69, 9.17) is 0 Å². The molecule has 1 N–H and O–H groups in total. The molecule has 0 saturated heterocycles. The van der Waals surface area contributed by atoms with Crippen LogP contribution in [0.25, 0.3) is 22.3 Å². The fourth-order valence-corrected chi connectivity index (χ4v) is 2.81. The Kier molecular flexibility index (Phi) is 3.80. The predicted molar refractivity (Wildman–Crippen MR) is 87.0 cm³/mol. The average Bonchev–Trinajstić information content (AvgIpc) is 3.12. The van der Waals surface area contributed by atoms with Gasteiger partial charge in [-0.3, -0.25) is 5.10 Å². The van der Waals surface area contributed by atoms with Crippen LogP contribution in [-0.4, -0.2) is 24.7 Å². The molecule has 3 aromatic rings.